The SMILES string of the molecule is CC(N[C@H](C)c1cccnc1)C(=O)NC1CC1. The van der Waals surface area contributed by atoms with Gasteiger partial charge in [0, 0.05) is 24.5 Å². The van der Waals surface area contributed by atoms with Gasteiger partial charge in [-0.05, 0) is 38.3 Å². The first-order valence-electron chi connectivity index (χ1n) is 6.13. The summed E-state index contributed by atoms with van der Waals surface area (Å²) in [5, 5.41) is 6.27. The highest BCUT2D eigenvalue weighted by Crippen LogP contribution is 2.19. The van der Waals surface area contributed by atoms with Gasteiger partial charge in [-0.15, -0.1) is 0 Å². The number of nitrogens with one attached hydrogen (secondary N) is 2. The quantitative estimate of drug-likeness (QED) is 0.808. The summed E-state index contributed by atoms with van der Waals surface area (Å²) in [5.74, 6) is 0.0863. The molecule has 1 fully saturated rings. The molecule has 1 amide bonds. The Balaban J connectivity index is 1.84. The topological polar surface area (TPSA) is 54.0 Å². The Kier molecular flexibility index (Phi) is 3.74. The number of hydrogen-bond acceptors (Lipinski definition) is 3. The van der Waals surface area contributed by atoms with Crippen LogP contribution in [0.2, 0.25) is 0 Å². The second-order valence-electron chi connectivity index (χ2n) is 4.68. The highest BCUT2D eigenvalue weighted by Gasteiger charge is 2.26. The lowest BCUT2D eigenvalue weighted by Gasteiger charge is -2.19. The molecule has 4 nitrogen and oxygen atoms in total. The third-order valence-corrected chi connectivity index (χ3v) is 3.00. The van der Waals surface area contributed by atoms with Crippen molar-refractivity contribution in [3.8, 4) is 0 Å². The van der Waals surface area contributed by atoms with Crippen LogP contribution in [0.3, 0.4) is 0 Å². The largest absolute Gasteiger partial charge is 0.352 e. The van der Waals surface area contributed by atoms with Crippen LogP contribution in [0.1, 0.15) is 38.3 Å². The van der Waals surface area contributed by atoms with Crippen molar-refractivity contribution in [1.82, 2.24) is 15.6 Å². The molecule has 2 rings (SSSR count). The lowest BCUT2D eigenvalue weighted by molar-refractivity contribution is -0.123. The molecule has 1 saturated carbocycles. The van der Waals surface area contributed by atoms with E-state index in [2.05, 4.69) is 15.6 Å². The molecule has 1 aromatic heterocycles. The van der Waals surface area contributed by atoms with Gasteiger partial charge in [-0.2, -0.15) is 0 Å². The molecule has 1 aliphatic rings. The van der Waals surface area contributed by atoms with E-state index in [0.717, 1.165) is 18.4 Å². The van der Waals surface area contributed by atoms with Crippen LogP contribution < -0.4 is 10.6 Å². The molecule has 17 heavy (non-hydrogen) atoms. The van der Waals surface area contributed by atoms with Crippen molar-refractivity contribution >= 4 is 5.91 Å². The third-order valence-electron chi connectivity index (χ3n) is 3.00. The lowest BCUT2D eigenvalue weighted by atomic mass is 10.1. The Morgan fingerprint density at radius 1 is 1.47 bits per heavy atom. The zero-order valence-electron chi connectivity index (χ0n) is 10.3. The minimum atomic E-state index is -0.175. The molecule has 1 aliphatic carbocycles. The maximum absolute atomic E-state index is 11.8. The average Bonchev–Trinajstić information content (AvgIpc) is 3.14. The van der Waals surface area contributed by atoms with Crippen LogP contribution in [-0.4, -0.2) is 23.0 Å². The number of amides is 1. The molecular formula is C13H19N3O. The Hall–Kier alpha value is -1.42. The van der Waals surface area contributed by atoms with Gasteiger partial charge in [-0.1, -0.05) is 6.07 Å². The van der Waals surface area contributed by atoms with Gasteiger partial charge in [0.15, 0.2) is 0 Å². The summed E-state index contributed by atoms with van der Waals surface area (Å²) < 4.78 is 0. The minimum absolute atomic E-state index is 0.0863. The number of carbonyl (C=O) groups is 1. The normalized spacial score (nSPS) is 18.5. The first kappa shape index (κ1) is 12.0. The molecule has 0 spiro atoms. The number of aromatic nitrogens is 1. The van der Waals surface area contributed by atoms with Crippen LogP contribution in [0, 0.1) is 0 Å². The number of rotatable bonds is 5. The number of nitrogens with zero attached hydrogens (tertiary/aromatic N) is 1. The van der Waals surface area contributed by atoms with Gasteiger partial charge in [0.1, 0.15) is 0 Å². The Bertz CT molecular complexity index is 376. The lowest BCUT2D eigenvalue weighted by Crippen LogP contribution is -2.43. The third kappa shape index (κ3) is 3.53. The van der Waals surface area contributed by atoms with E-state index < -0.39 is 0 Å². The van der Waals surface area contributed by atoms with E-state index in [9.17, 15) is 4.79 Å². The molecule has 0 aromatic carbocycles. The highest BCUT2D eigenvalue weighted by atomic mass is 16.2. The molecule has 0 radical (unpaired) electrons. The molecule has 0 aliphatic heterocycles. The molecule has 2 N–H and O–H groups in total. The van der Waals surface area contributed by atoms with Crippen LogP contribution in [0.5, 0.6) is 0 Å². The van der Waals surface area contributed by atoms with Crippen molar-refractivity contribution in [2.45, 2.75) is 44.8 Å². The fraction of sp³-hybridized carbons (Fsp3) is 0.538. The van der Waals surface area contributed by atoms with Crippen LogP contribution in [0.4, 0.5) is 0 Å². The van der Waals surface area contributed by atoms with Crippen molar-refractivity contribution < 1.29 is 4.79 Å². The van der Waals surface area contributed by atoms with Gasteiger partial charge < -0.3 is 5.32 Å². The van der Waals surface area contributed by atoms with Crippen molar-refractivity contribution in [3.05, 3.63) is 30.1 Å². The van der Waals surface area contributed by atoms with E-state index in [4.69, 9.17) is 0 Å². The molecular weight excluding hydrogens is 214 g/mol. The molecule has 4 heteroatoms. The summed E-state index contributed by atoms with van der Waals surface area (Å²) in [6.07, 6.45) is 5.82. The summed E-state index contributed by atoms with van der Waals surface area (Å²) in [6, 6.07) is 4.29. The van der Waals surface area contributed by atoms with Crippen molar-refractivity contribution in [1.29, 1.82) is 0 Å². The number of pyridine rings is 1. The van der Waals surface area contributed by atoms with Crippen LogP contribution in [-0.2, 0) is 4.79 Å². The summed E-state index contributed by atoms with van der Waals surface area (Å²) in [5.41, 5.74) is 1.10. The smallest absolute Gasteiger partial charge is 0.237 e. The predicted molar refractivity (Wildman–Crippen MR) is 66.4 cm³/mol. The van der Waals surface area contributed by atoms with Gasteiger partial charge >= 0.3 is 0 Å². The highest BCUT2D eigenvalue weighted by molar-refractivity contribution is 5.81. The van der Waals surface area contributed by atoms with E-state index in [0.29, 0.717) is 6.04 Å². The van der Waals surface area contributed by atoms with Crippen LogP contribution in [0.25, 0.3) is 0 Å². The van der Waals surface area contributed by atoms with Gasteiger partial charge in [0.2, 0.25) is 5.91 Å². The molecule has 0 bridgehead atoms. The molecule has 1 aromatic rings. The summed E-state index contributed by atoms with van der Waals surface area (Å²) in [6.45, 7) is 3.93. The van der Waals surface area contributed by atoms with E-state index >= 15 is 0 Å². The molecule has 92 valence electrons. The number of hydrogen-bond donors (Lipinski definition) is 2. The Morgan fingerprint density at radius 3 is 2.82 bits per heavy atom. The van der Waals surface area contributed by atoms with E-state index in [1.807, 2.05) is 32.2 Å². The minimum Gasteiger partial charge on any atom is -0.352 e. The van der Waals surface area contributed by atoms with E-state index in [-0.39, 0.29) is 18.0 Å². The predicted octanol–water partition coefficient (Wildman–Crippen LogP) is 1.40. The van der Waals surface area contributed by atoms with E-state index in [1.54, 1.807) is 6.20 Å². The second-order valence-corrected chi connectivity index (χ2v) is 4.68. The fourth-order valence-electron chi connectivity index (χ4n) is 1.73. The van der Waals surface area contributed by atoms with Gasteiger partial charge in [-0.25, -0.2) is 0 Å². The van der Waals surface area contributed by atoms with Crippen molar-refractivity contribution in [2.75, 3.05) is 0 Å². The zero-order chi connectivity index (χ0) is 12.3. The van der Waals surface area contributed by atoms with E-state index in [1.165, 1.54) is 0 Å². The summed E-state index contributed by atoms with van der Waals surface area (Å²) in [7, 11) is 0. The van der Waals surface area contributed by atoms with Crippen LogP contribution >= 0.6 is 0 Å². The Labute approximate surface area is 102 Å². The zero-order valence-corrected chi connectivity index (χ0v) is 10.3. The van der Waals surface area contributed by atoms with Crippen molar-refractivity contribution in [3.63, 3.8) is 0 Å². The van der Waals surface area contributed by atoms with Gasteiger partial charge in [0.05, 0.1) is 6.04 Å². The molecule has 1 heterocycles. The monoisotopic (exact) mass is 233 g/mol. The average molecular weight is 233 g/mol. The first-order chi connectivity index (χ1) is 8.16. The number of carbonyl (C=O) groups excluding carboxylic acids is 1. The molecule has 2 atom stereocenters. The maximum atomic E-state index is 11.8. The van der Waals surface area contributed by atoms with Crippen molar-refractivity contribution in [2.24, 2.45) is 0 Å². The van der Waals surface area contributed by atoms with Crippen LogP contribution in [0.15, 0.2) is 24.5 Å². The summed E-state index contributed by atoms with van der Waals surface area (Å²) in [4.78, 5) is 15.8. The standard InChI is InChI=1S/C13H19N3O/c1-9(11-4-3-7-14-8-11)15-10(2)13(17)16-12-5-6-12/h3-4,7-10,12,15H,5-6H2,1-2H3,(H,16,17)/t9-,10?/m1/s1. The Morgan fingerprint density at radius 2 is 2.24 bits per heavy atom. The molecule has 1 unspecified atom stereocenters. The van der Waals surface area contributed by atoms with Gasteiger partial charge in [-0.3, -0.25) is 15.1 Å². The fourth-order valence-corrected chi connectivity index (χ4v) is 1.73. The summed E-state index contributed by atoms with van der Waals surface area (Å²) >= 11 is 0. The second kappa shape index (κ2) is 5.27. The van der Waals surface area contributed by atoms with Gasteiger partial charge in [0.25, 0.3) is 0 Å². The first-order valence-corrected chi connectivity index (χ1v) is 6.13. The molecule has 0 saturated heterocycles. The maximum Gasteiger partial charge on any atom is 0.237 e.